The number of ether oxygens (including phenoxy) is 1. The van der Waals surface area contributed by atoms with Crippen LogP contribution in [0.5, 0.6) is 5.88 Å². The number of nitrogens with one attached hydrogen (secondary N) is 1. The summed E-state index contributed by atoms with van der Waals surface area (Å²) in [6.45, 7) is 3.44. The second-order valence-corrected chi connectivity index (χ2v) is 5.93. The molecule has 1 aliphatic heterocycles. The molecule has 1 saturated heterocycles. The molecule has 0 saturated carbocycles. The summed E-state index contributed by atoms with van der Waals surface area (Å²) in [6.07, 6.45) is 7.00. The number of β-amino-alcohol motifs (C(OH)–C–C–N with tert-alkyl or cyclic N) is 1. The van der Waals surface area contributed by atoms with Gasteiger partial charge in [-0.2, -0.15) is 0 Å². The highest BCUT2D eigenvalue weighted by atomic mass is 16.5. The van der Waals surface area contributed by atoms with Crippen LogP contribution in [0.1, 0.15) is 23.7 Å². The van der Waals surface area contributed by atoms with E-state index in [-0.39, 0.29) is 12.5 Å². The SMILES string of the molecule is CCOc1ncccc1C(=O)NCC1(O)CCN(c2cnccn2)C1. The number of aliphatic hydroxyl groups is 1. The lowest BCUT2D eigenvalue weighted by Crippen LogP contribution is -2.45. The van der Waals surface area contributed by atoms with Gasteiger partial charge in [-0.25, -0.2) is 9.97 Å². The maximum atomic E-state index is 12.4. The lowest BCUT2D eigenvalue weighted by Gasteiger charge is -2.24. The van der Waals surface area contributed by atoms with Crippen LogP contribution < -0.4 is 15.0 Å². The Kier molecular flexibility index (Phi) is 5.08. The molecular formula is C17H21N5O3. The van der Waals surface area contributed by atoms with E-state index in [0.717, 1.165) is 5.82 Å². The van der Waals surface area contributed by atoms with Crippen LogP contribution >= 0.6 is 0 Å². The third kappa shape index (κ3) is 4.03. The van der Waals surface area contributed by atoms with Crippen LogP contribution in [0.25, 0.3) is 0 Å². The molecule has 3 rings (SSSR count). The van der Waals surface area contributed by atoms with Gasteiger partial charge in [0.15, 0.2) is 0 Å². The van der Waals surface area contributed by atoms with Gasteiger partial charge in [0.25, 0.3) is 5.91 Å². The van der Waals surface area contributed by atoms with Crippen LogP contribution in [-0.4, -0.2) is 57.8 Å². The Morgan fingerprint density at radius 3 is 3.04 bits per heavy atom. The number of rotatable bonds is 6. The van der Waals surface area contributed by atoms with Crippen LogP contribution in [0.4, 0.5) is 5.82 Å². The molecule has 0 bridgehead atoms. The van der Waals surface area contributed by atoms with E-state index in [1.807, 2.05) is 11.8 Å². The molecule has 8 heteroatoms. The molecule has 0 aliphatic carbocycles. The second kappa shape index (κ2) is 7.43. The molecule has 1 fully saturated rings. The molecular weight excluding hydrogens is 322 g/mol. The summed E-state index contributed by atoms with van der Waals surface area (Å²) >= 11 is 0. The summed E-state index contributed by atoms with van der Waals surface area (Å²) in [6, 6.07) is 3.33. The van der Waals surface area contributed by atoms with Gasteiger partial charge < -0.3 is 20.1 Å². The molecule has 3 heterocycles. The highest BCUT2D eigenvalue weighted by molar-refractivity contribution is 5.96. The number of carbonyl (C=O) groups is 1. The van der Waals surface area contributed by atoms with Gasteiger partial charge in [-0.1, -0.05) is 0 Å². The lowest BCUT2D eigenvalue weighted by molar-refractivity contribution is 0.0574. The van der Waals surface area contributed by atoms with E-state index >= 15 is 0 Å². The van der Waals surface area contributed by atoms with Gasteiger partial charge in [-0.05, 0) is 25.5 Å². The van der Waals surface area contributed by atoms with Gasteiger partial charge in [0, 0.05) is 38.2 Å². The topological polar surface area (TPSA) is 100 Å². The Labute approximate surface area is 145 Å². The second-order valence-electron chi connectivity index (χ2n) is 5.93. The lowest BCUT2D eigenvalue weighted by atomic mass is 10.0. The number of hydrogen-bond acceptors (Lipinski definition) is 7. The molecule has 0 aromatic carbocycles. The molecule has 1 unspecified atom stereocenters. The maximum Gasteiger partial charge on any atom is 0.256 e. The quantitative estimate of drug-likeness (QED) is 0.794. The highest BCUT2D eigenvalue weighted by Gasteiger charge is 2.37. The first kappa shape index (κ1) is 17.1. The zero-order valence-electron chi connectivity index (χ0n) is 14.1. The smallest absolute Gasteiger partial charge is 0.256 e. The van der Waals surface area contributed by atoms with E-state index in [4.69, 9.17) is 4.74 Å². The predicted octanol–water partition coefficient (Wildman–Crippen LogP) is 0.641. The first-order valence-corrected chi connectivity index (χ1v) is 8.21. The van der Waals surface area contributed by atoms with Crippen molar-refractivity contribution in [3.05, 3.63) is 42.5 Å². The highest BCUT2D eigenvalue weighted by Crippen LogP contribution is 2.24. The fraction of sp³-hybridized carbons (Fsp3) is 0.412. The molecule has 2 aromatic rings. The van der Waals surface area contributed by atoms with Gasteiger partial charge >= 0.3 is 0 Å². The monoisotopic (exact) mass is 343 g/mol. The first-order valence-electron chi connectivity index (χ1n) is 8.21. The summed E-state index contributed by atoms with van der Waals surface area (Å²) in [4.78, 5) is 26.7. The average molecular weight is 343 g/mol. The summed E-state index contributed by atoms with van der Waals surface area (Å²) in [5, 5.41) is 13.5. The van der Waals surface area contributed by atoms with Gasteiger partial charge in [0.2, 0.25) is 5.88 Å². The van der Waals surface area contributed by atoms with Crippen molar-refractivity contribution in [2.75, 3.05) is 31.1 Å². The zero-order valence-corrected chi connectivity index (χ0v) is 14.1. The number of anilines is 1. The molecule has 1 atom stereocenters. The number of hydrogen-bond donors (Lipinski definition) is 2. The van der Waals surface area contributed by atoms with Crippen molar-refractivity contribution in [1.82, 2.24) is 20.3 Å². The molecule has 25 heavy (non-hydrogen) atoms. The maximum absolute atomic E-state index is 12.4. The number of amides is 1. The standard InChI is InChI=1S/C17H21N5O3/c1-2-25-16-13(4-3-6-20-16)15(23)21-11-17(24)5-9-22(12-17)14-10-18-7-8-19-14/h3-4,6-8,10,24H,2,5,9,11-12H2,1H3,(H,21,23). The molecule has 8 nitrogen and oxygen atoms in total. The molecule has 1 amide bonds. The van der Waals surface area contributed by atoms with Gasteiger partial charge in [0.05, 0.1) is 12.8 Å². The fourth-order valence-corrected chi connectivity index (χ4v) is 2.81. The molecule has 0 spiro atoms. The van der Waals surface area contributed by atoms with E-state index in [9.17, 15) is 9.90 Å². The van der Waals surface area contributed by atoms with E-state index < -0.39 is 5.60 Å². The number of pyridine rings is 1. The van der Waals surface area contributed by atoms with Crippen molar-refractivity contribution >= 4 is 11.7 Å². The van der Waals surface area contributed by atoms with Crippen molar-refractivity contribution in [2.24, 2.45) is 0 Å². The molecule has 0 radical (unpaired) electrons. The van der Waals surface area contributed by atoms with Crippen LogP contribution in [0, 0.1) is 0 Å². The summed E-state index contributed by atoms with van der Waals surface area (Å²) in [5.41, 5.74) is -0.655. The van der Waals surface area contributed by atoms with Crippen LogP contribution in [-0.2, 0) is 0 Å². The normalized spacial score (nSPS) is 19.7. The zero-order chi connectivity index (χ0) is 17.7. The Bertz CT molecular complexity index is 727. The van der Waals surface area contributed by atoms with Gasteiger partial charge in [-0.15, -0.1) is 0 Å². The number of aromatic nitrogens is 3. The Morgan fingerprint density at radius 1 is 1.40 bits per heavy atom. The van der Waals surface area contributed by atoms with Crippen LogP contribution in [0.2, 0.25) is 0 Å². The summed E-state index contributed by atoms with van der Waals surface area (Å²) in [5.74, 6) is 0.695. The van der Waals surface area contributed by atoms with E-state index in [0.29, 0.717) is 37.6 Å². The molecule has 2 N–H and O–H groups in total. The third-order valence-electron chi connectivity index (χ3n) is 4.08. The minimum atomic E-state index is -1.01. The van der Waals surface area contributed by atoms with E-state index in [2.05, 4.69) is 20.3 Å². The van der Waals surface area contributed by atoms with E-state index in [1.165, 1.54) is 0 Å². The summed E-state index contributed by atoms with van der Waals surface area (Å²) < 4.78 is 5.37. The number of nitrogens with zero attached hydrogens (tertiary/aromatic N) is 4. The van der Waals surface area contributed by atoms with Gasteiger partial charge in [0.1, 0.15) is 17.0 Å². The van der Waals surface area contributed by atoms with Crippen molar-refractivity contribution in [3.8, 4) is 5.88 Å². The first-order chi connectivity index (χ1) is 12.1. The minimum Gasteiger partial charge on any atom is -0.477 e. The van der Waals surface area contributed by atoms with Crippen molar-refractivity contribution < 1.29 is 14.6 Å². The fourth-order valence-electron chi connectivity index (χ4n) is 2.81. The predicted molar refractivity (Wildman–Crippen MR) is 91.6 cm³/mol. The average Bonchev–Trinajstić information content (AvgIpc) is 3.04. The minimum absolute atomic E-state index is 0.142. The Morgan fingerprint density at radius 2 is 2.28 bits per heavy atom. The molecule has 2 aromatic heterocycles. The Balaban J connectivity index is 1.61. The Hall–Kier alpha value is -2.74. The number of carbonyl (C=O) groups excluding carboxylic acids is 1. The van der Waals surface area contributed by atoms with Gasteiger partial charge in [-0.3, -0.25) is 9.78 Å². The van der Waals surface area contributed by atoms with Crippen LogP contribution in [0.3, 0.4) is 0 Å². The largest absolute Gasteiger partial charge is 0.477 e. The molecule has 1 aliphatic rings. The van der Waals surface area contributed by atoms with Crippen LogP contribution in [0.15, 0.2) is 36.9 Å². The van der Waals surface area contributed by atoms with Crippen molar-refractivity contribution in [2.45, 2.75) is 18.9 Å². The van der Waals surface area contributed by atoms with E-state index in [1.54, 1.807) is 36.9 Å². The summed E-state index contributed by atoms with van der Waals surface area (Å²) in [7, 11) is 0. The van der Waals surface area contributed by atoms with Crippen molar-refractivity contribution in [1.29, 1.82) is 0 Å². The molecule has 132 valence electrons. The van der Waals surface area contributed by atoms with Crippen molar-refractivity contribution in [3.63, 3.8) is 0 Å². The third-order valence-corrected chi connectivity index (χ3v) is 4.08.